The summed E-state index contributed by atoms with van der Waals surface area (Å²) in [7, 11) is 1.76. The molecule has 0 radical (unpaired) electrons. The van der Waals surface area contributed by atoms with Crippen LogP contribution < -0.4 is 15.4 Å². The molecule has 1 aromatic heterocycles. The molecule has 1 aliphatic carbocycles. The van der Waals surface area contributed by atoms with Gasteiger partial charge in [0, 0.05) is 39.0 Å². The van der Waals surface area contributed by atoms with Crippen LogP contribution in [0.2, 0.25) is 0 Å². The summed E-state index contributed by atoms with van der Waals surface area (Å²) in [5.74, 6) is 1.49. The highest BCUT2D eigenvalue weighted by Crippen LogP contribution is 2.22. The quantitative estimate of drug-likeness (QED) is 0.434. The summed E-state index contributed by atoms with van der Waals surface area (Å²) < 4.78 is 11.2. The summed E-state index contributed by atoms with van der Waals surface area (Å²) in [5, 5.41) is 6.47. The monoisotopic (exact) mass is 334 g/mol. The summed E-state index contributed by atoms with van der Waals surface area (Å²) in [6.07, 6.45) is 8.35. The van der Waals surface area contributed by atoms with Crippen molar-refractivity contribution in [2.75, 3.05) is 26.8 Å². The van der Waals surface area contributed by atoms with Gasteiger partial charge in [0.2, 0.25) is 5.88 Å². The van der Waals surface area contributed by atoms with Crippen molar-refractivity contribution in [2.45, 2.75) is 51.7 Å². The number of pyridine rings is 1. The molecule has 0 spiro atoms. The largest absolute Gasteiger partial charge is 0.474 e. The van der Waals surface area contributed by atoms with Crippen LogP contribution in [0.4, 0.5) is 0 Å². The maximum atomic E-state index is 5.95. The first-order valence-electron chi connectivity index (χ1n) is 8.95. The highest BCUT2D eigenvalue weighted by atomic mass is 16.5. The van der Waals surface area contributed by atoms with Crippen molar-refractivity contribution in [2.24, 2.45) is 4.99 Å². The lowest BCUT2D eigenvalue weighted by atomic mass is 9.98. The lowest BCUT2D eigenvalue weighted by Gasteiger charge is -2.22. The molecule has 0 atom stereocenters. The van der Waals surface area contributed by atoms with Crippen molar-refractivity contribution in [3.63, 3.8) is 0 Å². The summed E-state index contributed by atoms with van der Waals surface area (Å²) in [5.41, 5.74) is 1.10. The van der Waals surface area contributed by atoms with Gasteiger partial charge >= 0.3 is 0 Å². The second-order valence-electron chi connectivity index (χ2n) is 5.93. The SMILES string of the molecule is CCOCCNC(=NC)NCc1ccc(OC2CCCCC2)nc1. The fourth-order valence-corrected chi connectivity index (χ4v) is 2.73. The highest BCUT2D eigenvalue weighted by molar-refractivity contribution is 5.79. The number of nitrogens with zero attached hydrogens (tertiary/aromatic N) is 2. The van der Waals surface area contributed by atoms with Gasteiger partial charge in [0.1, 0.15) is 6.10 Å². The molecule has 0 unspecified atom stereocenters. The first-order chi connectivity index (χ1) is 11.8. The Morgan fingerprint density at radius 2 is 2.08 bits per heavy atom. The molecular formula is C18H30N4O2. The number of ether oxygens (including phenoxy) is 2. The Kier molecular flexibility index (Phi) is 8.38. The van der Waals surface area contributed by atoms with E-state index in [0.717, 1.165) is 43.4 Å². The Morgan fingerprint density at radius 3 is 2.75 bits per heavy atom. The molecule has 6 nitrogen and oxygen atoms in total. The van der Waals surface area contributed by atoms with Crippen molar-refractivity contribution < 1.29 is 9.47 Å². The first kappa shape index (κ1) is 18.5. The predicted molar refractivity (Wildman–Crippen MR) is 96.4 cm³/mol. The Hall–Kier alpha value is -1.82. The average molecular weight is 334 g/mol. The highest BCUT2D eigenvalue weighted by Gasteiger charge is 2.15. The number of aliphatic imine (C=N–C) groups is 1. The van der Waals surface area contributed by atoms with E-state index in [1.165, 1.54) is 19.3 Å². The number of hydrogen-bond donors (Lipinski definition) is 2. The summed E-state index contributed by atoms with van der Waals surface area (Å²) in [6.45, 7) is 4.80. The van der Waals surface area contributed by atoms with Crippen LogP contribution in [-0.4, -0.2) is 43.9 Å². The molecule has 1 heterocycles. The Balaban J connectivity index is 1.72. The molecule has 0 amide bonds. The van der Waals surface area contributed by atoms with Crippen LogP contribution in [0.25, 0.3) is 0 Å². The second-order valence-corrected chi connectivity index (χ2v) is 5.93. The molecule has 0 aliphatic heterocycles. The van der Waals surface area contributed by atoms with Crippen LogP contribution in [0, 0.1) is 0 Å². The van der Waals surface area contributed by atoms with Gasteiger partial charge in [0.05, 0.1) is 6.61 Å². The van der Waals surface area contributed by atoms with Gasteiger partial charge in [-0.25, -0.2) is 4.98 Å². The van der Waals surface area contributed by atoms with Crippen molar-refractivity contribution in [3.8, 4) is 5.88 Å². The molecule has 1 aliphatic rings. The van der Waals surface area contributed by atoms with Gasteiger partial charge in [-0.15, -0.1) is 0 Å². The summed E-state index contributed by atoms with van der Waals surface area (Å²) in [4.78, 5) is 8.61. The zero-order valence-corrected chi connectivity index (χ0v) is 14.9. The summed E-state index contributed by atoms with van der Waals surface area (Å²) in [6, 6.07) is 4.00. The van der Waals surface area contributed by atoms with Gasteiger partial charge in [0.15, 0.2) is 5.96 Å². The zero-order chi connectivity index (χ0) is 17.0. The Morgan fingerprint density at radius 1 is 1.25 bits per heavy atom. The van der Waals surface area contributed by atoms with Gasteiger partial charge in [-0.1, -0.05) is 12.5 Å². The molecule has 1 aromatic rings. The maximum Gasteiger partial charge on any atom is 0.213 e. The van der Waals surface area contributed by atoms with Crippen LogP contribution in [0.5, 0.6) is 5.88 Å². The van der Waals surface area contributed by atoms with E-state index in [-0.39, 0.29) is 0 Å². The van der Waals surface area contributed by atoms with E-state index in [1.807, 2.05) is 25.3 Å². The van der Waals surface area contributed by atoms with Crippen molar-refractivity contribution >= 4 is 5.96 Å². The van der Waals surface area contributed by atoms with E-state index < -0.39 is 0 Å². The maximum absolute atomic E-state index is 5.95. The average Bonchev–Trinajstić information content (AvgIpc) is 2.63. The third-order valence-corrected chi connectivity index (χ3v) is 4.06. The predicted octanol–water partition coefficient (Wildman–Crippen LogP) is 2.49. The third-order valence-electron chi connectivity index (χ3n) is 4.06. The first-order valence-corrected chi connectivity index (χ1v) is 8.95. The van der Waals surface area contributed by atoms with E-state index >= 15 is 0 Å². The molecule has 6 heteroatoms. The normalized spacial score (nSPS) is 16.0. The third kappa shape index (κ3) is 6.74. The van der Waals surface area contributed by atoms with E-state index in [0.29, 0.717) is 19.3 Å². The minimum atomic E-state index is 0.337. The molecule has 1 saturated carbocycles. The Bertz CT molecular complexity index is 484. The minimum absolute atomic E-state index is 0.337. The second kappa shape index (κ2) is 10.9. The van der Waals surface area contributed by atoms with Crippen LogP contribution >= 0.6 is 0 Å². The van der Waals surface area contributed by atoms with Crippen LogP contribution in [0.1, 0.15) is 44.6 Å². The lowest BCUT2D eigenvalue weighted by Crippen LogP contribution is -2.38. The van der Waals surface area contributed by atoms with Gasteiger partial charge in [-0.05, 0) is 38.2 Å². The molecule has 2 N–H and O–H groups in total. The van der Waals surface area contributed by atoms with Crippen molar-refractivity contribution in [1.82, 2.24) is 15.6 Å². The molecule has 24 heavy (non-hydrogen) atoms. The zero-order valence-electron chi connectivity index (χ0n) is 14.9. The van der Waals surface area contributed by atoms with Gasteiger partial charge in [-0.2, -0.15) is 0 Å². The van der Waals surface area contributed by atoms with E-state index in [1.54, 1.807) is 7.05 Å². The van der Waals surface area contributed by atoms with Gasteiger partial charge in [0.25, 0.3) is 0 Å². The van der Waals surface area contributed by atoms with E-state index in [4.69, 9.17) is 9.47 Å². The summed E-state index contributed by atoms with van der Waals surface area (Å²) >= 11 is 0. The van der Waals surface area contributed by atoms with Crippen LogP contribution in [0.15, 0.2) is 23.3 Å². The van der Waals surface area contributed by atoms with Crippen molar-refractivity contribution in [1.29, 1.82) is 0 Å². The standard InChI is InChI=1S/C18H30N4O2/c1-3-23-12-11-20-18(19-2)22-14-15-9-10-17(21-13-15)24-16-7-5-4-6-8-16/h9-10,13,16H,3-8,11-12,14H2,1-2H3,(H2,19,20,22). The number of guanidine groups is 1. The fraction of sp³-hybridized carbons (Fsp3) is 0.667. The van der Waals surface area contributed by atoms with Crippen LogP contribution in [-0.2, 0) is 11.3 Å². The van der Waals surface area contributed by atoms with E-state index in [2.05, 4.69) is 20.6 Å². The molecule has 0 aromatic carbocycles. The smallest absolute Gasteiger partial charge is 0.213 e. The topological polar surface area (TPSA) is 67.8 Å². The molecular weight excluding hydrogens is 304 g/mol. The molecule has 1 fully saturated rings. The number of nitrogens with one attached hydrogen (secondary N) is 2. The van der Waals surface area contributed by atoms with Gasteiger partial charge < -0.3 is 20.1 Å². The number of aromatic nitrogens is 1. The molecule has 0 bridgehead atoms. The van der Waals surface area contributed by atoms with Crippen molar-refractivity contribution in [3.05, 3.63) is 23.9 Å². The minimum Gasteiger partial charge on any atom is -0.474 e. The number of hydrogen-bond acceptors (Lipinski definition) is 4. The molecule has 2 rings (SSSR count). The van der Waals surface area contributed by atoms with Crippen LogP contribution in [0.3, 0.4) is 0 Å². The lowest BCUT2D eigenvalue weighted by molar-refractivity contribution is 0.148. The molecule has 134 valence electrons. The Labute approximate surface area is 145 Å². The fourth-order valence-electron chi connectivity index (χ4n) is 2.73. The van der Waals surface area contributed by atoms with E-state index in [9.17, 15) is 0 Å². The number of rotatable bonds is 8. The van der Waals surface area contributed by atoms with Gasteiger partial charge in [-0.3, -0.25) is 4.99 Å². The molecule has 0 saturated heterocycles.